The quantitative estimate of drug-likeness (QED) is 0.878. The number of nitrogens with zero attached hydrogens (tertiary/aromatic N) is 1. The molecule has 108 valence electrons. The van der Waals surface area contributed by atoms with Gasteiger partial charge in [0.15, 0.2) is 0 Å². The van der Waals surface area contributed by atoms with Gasteiger partial charge in [0.1, 0.15) is 9.88 Å². The van der Waals surface area contributed by atoms with Crippen LogP contribution < -0.4 is 4.72 Å². The van der Waals surface area contributed by atoms with E-state index >= 15 is 0 Å². The summed E-state index contributed by atoms with van der Waals surface area (Å²) in [7, 11) is -3.77. The van der Waals surface area contributed by atoms with Crippen LogP contribution in [0.5, 0.6) is 0 Å². The molecule has 2 aromatic rings. The Morgan fingerprint density at radius 1 is 1.24 bits per heavy atom. The number of carboxylic acid groups (broad SMARTS) is 1. The zero-order chi connectivity index (χ0) is 15.5. The highest BCUT2D eigenvalue weighted by molar-refractivity contribution is 7.93. The Bertz CT molecular complexity index is 801. The van der Waals surface area contributed by atoms with Crippen molar-refractivity contribution in [2.75, 3.05) is 4.72 Å². The van der Waals surface area contributed by atoms with Crippen molar-refractivity contribution in [2.45, 2.75) is 11.3 Å². The smallest absolute Gasteiger partial charge is 0.345 e. The Morgan fingerprint density at radius 2 is 1.90 bits per heavy atom. The molecule has 1 heterocycles. The predicted molar refractivity (Wildman–Crippen MR) is 77.8 cm³/mol. The highest BCUT2D eigenvalue weighted by Crippen LogP contribution is 2.25. The molecule has 0 unspecified atom stereocenters. The molecule has 0 saturated carbocycles. The molecule has 0 aliphatic carbocycles. The Kier molecular flexibility index (Phi) is 4.26. The normalized spacial score (nSPS) is 10.8. The van der Waals surface area contributed by atoms with Gasteiger partial charge in [-0.15, -0.1) is 11.3 Å². The molecule has 0 amide bonds. The molecule has 1 aromatic heterocycles. The molecule has 6 nitrogen and oxygen atoms in total. The number of aromatic carboxylic acids is 1. The van der Waals surface area contributed by atoms with Gasteiger partial charge in [-0.2, -0.15) is 5.26 Å². The van der Waals surface area contributed by atoms with Crippen LogP contribution in [0.2, 0.25) is 0 Å². The van der Waals surface area contributed by atoms with Gasteiger partial charge in [-0.05, 0) is 29.8 Å². The number of sulfonamides is 1. The summed E-state index contributed by atoms with van der Waals surface area (Å²) in [5, 5.41) is 17.6. The van der Waals surface area contributed by atoms with Gasteiger partial charge in [-0.1, -0.05) is 12.1 Å². The molecule has 0 aliphatic rings. The molecule has 0 atom stereocenters. The topological polar surface area (TPSA) is 107 Å². The minimum atomic E-state index is -3.77. The first-order chi connectivity index (χ1) is 9.92. The first-order valence-electron chi connectivity index (χ1n) is 5.74. The van der Waals surface area contributed by atoms with Gasteiger partial charge in [0.05, 0.1) is 17.4 Å². The van der Waals surface area contributed by atoms with Crippen molar-refractivity contribution in [3.05, 3.63) is 46.8 Å². The van der Waals surface area contributed by atoms with Crippen molar-refractivity contribution >= 4 is 32.3 Å². The Hall–Kier alpha value is -2.37. The van der Waals surface area contributed by atoms with E-state index < -0.39 is 16.0 Å². The van der Waals surface area contributed by atoms with Gasteiger partial charge < -0.3 is 5.11 Å². The average Bonchev–Trinajstić information content (AvgIpc) is 2.88. The predicted octanol–water partition coefficient (Wildman–Crippen LogP) is 2.31. The number of benzene rings is 1. The number of hydrogen-bond acceptors (Lipinski definition) is 5. The van der Waals surface area contributed by atoms with E-state index in [0.29, 0.717) is 0 Å². The monoisotopic (exact) mass is 322 g/mol. The first kappa shape index (κ1) is 15.0. The number of hydrogen-bond donors (Lipinski definition) is 2. The van der Waals surface area contributed by atoms with Gasteiger partial charge >= 0.3 is 5.97 Å². The number of rotatable bonds is 5. The molecule has 2 rings (SSSR count). The number of thiophene rings is 1. The van der Waals surface area contributed by atoms with Crippen LogP contribution in [0.1, 0.15) is 15.2 Å². The molecule has 21 heavy (non-hydrogen) atoms. The SMILES string of the molecule is N#CCc1ccc(S(=O)(=O)Nc2ccc(C(=O)O)s2)cc1. The summed E-state index contributed by atoms with van der Waals surface area (Å²) >= 11 is 0.841. The third kappa shape index (κ3) is 3.59. The number of nitriles is 1. The summed E-state index contributed by atoms with van der Waals surface area (Å²) in [6.07, 6.45) is 0.209. The van der Waals surface area contributed by atoms with Crippen LogP contribution in [0.25, 0.3) is 0 Å². The maximum absolute atomic E-state index is 12.1. The third-order valence-electron chi connectivity index (χ3n) is 2.57. The lowest BCUT2D eigenvalue weighted by Gasteiger charge is -2.06. The van der Waals surface area contributed by atoms with E-state index in [4.69, 9.17) is 10.4 Å². The van der Waals surface area contributed by atoms with E-state index in [1.807, 2.05) is 6.07 Å². The molecular weight excluding hydrogens is 312 g/mol. The van der Waals surface area contributed by atoms with Gasteiger partial charge in [0, 0.05) is 0 Å². The van der Waals surface area contributed by atoms with Gasteiger partial charge in [0.25, 0.3) is 10.0 Å². The zero-order valence-corrected chi connectivity index (χ0v) is 12.2. The van der Waals surface area contributed by atoms with Crippen LogP contribution in [0.4, 0.5) is 5.00 Å². The van der Waals surface area contributed by atoms with Crippen molar-refractivity contribution in [2.24, 2.45) is 0 Å². The van der Waals surface area contributed by atoms with Gasteiger partial charge in [-0.25, -0.2) is 13.2 Å². The van der Waals surface area contributed by atoms with Crippen LogP contribution >= 0.6 is 11.3 Å². The van der Waals surface area contributed by atoms with Crippen LogP contribution in [0.15, 0.2) is 41.3 Å². The second-order valence-electron chi connectivity index (χ2n) is 4.05. The van der Waals surface area contributed by atoms with Crippen molar-refractivity contribution in [3.8, 4) is 6.07 Å². The summed E-state index contributed by atoms with van der Waals surface area (Å²) in [4.78, 5) is 10.9. The number of carbonyl (C=O) groups is 1. The average molecular weight is 322 g/mol. The lowest BCUT2D eigenvalue weighted by Crippen LogP contribution is -2.11. The summed E-state index contributed by atoms with van der Waals surface area (Å²) in [5.74, 6) is -1.11. The van der Waals surface area contributed by atoms with E-state index in [-0.39, 0.29) is 21.2 Å². The number of anilines is 1. The maximum atomic E-state index is 12.1. The zero-order valence-electron chi connectivity index (χ0n) is 10.6. The molecule has 8 heteroatoms. The molecule has 0 bridgehead atoms. The van der Waals surface area contributed by atoms with Crippen molar-refractivity contribution in [1.29, 1.82) is 5.26 Å². The van der Waals surface area contributed by atoms with Crippen LogP contribution in [-0.2, 0) is 16.4 Å². The number of nitrogens with one attached hydrogen (secondary N) is 1. The molecule has 0 aliphatic heterocycles. The summed E-state index contributed by atoms with van der Waals surface area (Å²) < 4.78 is 26.6. The third-order valence-corrected chi connectivity index (χ3v) is 5.07. The Morgan fingerprint density at radius 3 is 2.43 bits per heavy atom. The molecule has 0 radical (unpaired) electrons. The van der Waals surface area contributed by atoms with E-state index in [2.05, 4.69) is 4.72 Å². The molecular formula is C13H10N2O4S2. The summed E-state index contributed by atoms with van der Waals surface area (Å²) in [6.45, 7) is 0. The minimum Gasteiger partial charge on any atom is -0.477 e. The highest BCUT2D eigenvalue weighted by Gasteiger charge is 2.16. The molecule has 0 spiro atoms. The second kappa shape index (κ2) is 5.95. The molecule has 0 saturated heterocycles. The van der Waals surface area contributed by atoms with E-state index in [1.165, 1.54) is 24.3 Å². The summed E-state index contributed by atoms with van der Waals surface area (Å²) in [6, 6.07) is 10.6. The lowest BCUT2D eigenvalue weighted by atomic mass is 10.2. The summed E-state index contributed by atoms with van der Waals surface area (Å²) in [5.41, 5.74) is 0.723. The molecule has 0 fully saturated rings. The van der Waals surface area contributed by atoms with Gasteiger partial charge in [0.2, 0.25) is 0 Å². The molecule has 1 aromatic carbocycles. The van der Waals surface area contributed by atoms with Crippen LogP contribution in [-0.4, -0.2) is 19.5 Å². The van der Waals surface area contributed by atoms with E-state index in [9.17, 15) is 13.2 Å². The van der Waals surface area contributed by atoms with Gasteiger partial charge in [-0.3, -0.25) is 4.72 Å². The largest absolute Gasteiger partial charge is 0.477 e. The highest BCUT2D eigenvalue weighted by atomic mass is 32.2. The van der Waals surface area contributed by atoms with Crippen molar-refractivity contribution < 1.29 is 18.3 Å². The number of carboxylic acids is 1. The maximum Gasteiger partial charge on any atom is 0.345 e. The minimum absolute atomic E-state index is 0.0504. The fourth-order valence-corrected chi connectivity index (χ4v) is 3.61. The van der Waals surface area contributed by atoms with Crippen molar-refractivity contribution in [1.82, 2.24) is 0 Å². The Labute approximate surface area is 125 Å². The standard InChI is InChI=1S/C13H10N2O4S2/c14-8-7-9-1-3-10(4-2-9)21(18,19)15-12-6-5-11(20-12)13(16)17/h1-6,15H,7H2,(H,16,17). The van der Waals surface area contributed by atoms with Crippen LogP contribution in [0, 0.1) is 11.3 Å². The van der Waals surface area contributed by atoms with E-state index in [0.717, 1.165) is 16.9 Å². The lowest BCUT2D eigenvalue weighted by molar-refractivity contribution is 0.0702. The fraction of sp³-hybridized carbons (Fsp3) is 0.0769. The second-order valence-corrected chi connectivity index (χ2v) is 6.82. The fourth-order valence-electron chi connectivity index (χ4n) is 1.58. The Balaban J connectivity index is 2.21. The first-order valence-corrected chi connectivity index (χ1v) is 8.04. The van der Waals surface area contributed by atoms with E-state index in [1.54, 1.807) is 12.1 Å². The van der Waals surface area contributed by atoms with Crippen LogP contribution in [0.3, 0.4) is 0 Å². The molecule has 2 N–H and O–H groups in total. The van der Waals surface area contributed by atoms with Crippen molar-refractivity contribution in [3.63, 3.8) is 0 Å².